The lowest BCUT2D eigenvalue weighted by atomic mass is 10.2. The van der Waals surface area contributed by atoms with E-state index in [4.69, 9.17) is 27.9 Å². The van der Waals surface area contributed by atoms with Gasteiger partial charge in [0.2, 0.25) is 0 Å². The smallest absolute Gasteiger partial charge is 0.254 e. The van der Waals surface area contributed by atoms with Crippen LogP contribution in [0.2, 0.25) is 10.3 Å². The standard InChI is InChI=1S/C9H9Cl2N3O2/c10-7-3-6(8(11)14-13-7)9(15)12-5-1-2-16-4-5/h3,5H,1-2,4H2,(H,12,15). The third kappa shape index (κ3) is 2.61. The van der Waals surface area contributed by atoms with Crippen LogP contribution in [0.25, 0.3) is 0 Å². The lowest BCUT2D eigenvalue weighted by Gasteiger charge is -2.10. The maximum absolute atomic E-state index is 11.8. The van der Waals surface area contributed by atoms with E-state index in [1.54, 1.807) is 0 Å². The minimum Gasteiger partial charge on any atom is -0.379 e. The summed E-state index contributed by atoms with van der Waals surface area (Å²) >= 11 is 11.4. The number of carbonyl (C=O) groups is 1. The number of halogens is 2. The van der Waals surface area contributed by atoms with E-state index < -0.39 is 0 Å². The Kier molecular flexibility index (Phi) is 3.58. The first-order chi connectivity index (χ1) is 7.66. The van der Waals surface area contributed by atoms with Crippen molar-refractivity contribution in [2.24, 2.45) is 0 Å². The molecule has 5 nitrogen and oxygen atoms in total. The van der Waals surface area contributed by atoms with Crippen molar-refractivity contribution < 1.29 is 9.53 Å². The molecule has 7 heteroatoms. The Morgan fingerprint density at radius 3 is 3.00 bits per heavy atom. The number of carbonyl (C=O) groups excluding carboxylic acids is 1. The number of hydrogen-bond acceptors (Lipinski definition) is 4. The molecule has 0 aromatic carbocycles. The number of rotatable bonds is 2. The molecule has 1 amide bonds. The predicted octanol–water partition coefficient (Wildman–Crippen LogP) is 1.30. The van der Waals surface area contributed by atoms with Crippen molar-refractivity contribution >= 4 is 29.1 Å². The molecule has 0 spiro atoms. The topological polar surface area (TPSA) is 64.1 Å². The van der Waals surface area contributed by atoms with Crippen molar-refractivity contribution in [3.05, 3.63) is 21.9 Å². The second-order valence-corrected chi connectivity index (χ2v) is 4.15. The van der Waals surface area contributed by atoms with Gasteiger partial charge in [0, 0.05) is 6.61 Å². The molecule has 1 aliphatic rings. The van der Waals surface area contributed by atoms with Crippen LogP contribution in [0.5, 0.6) is 0 Å². The van der Waals surface area contributed by atoms with Gasteiger partial charge in [0.1, 0.15) is 0 Å². The molecule has 1 unspecified atom stereocenters. The van der Waals surface area contributed by atoms with Gasteiger partial charge in [-0.3, -0.25) is 4.79 Å². The van der Waals surface area contributed by atoms with E-state index in [1.807, 2.05) is 0 Å². The molecule has 0 saturated carbocycles. The average molecular weight is 262 g/mol. The summed E-state index contributed by atoms with van der Waals surface area (Å²) in [4.78, 5) is 11.8. The van der Waals surface area contributed by atoms with Crippen LogP contribution in [0.1, 0.15) is 16.8 Å². The van der Waals surface area contributed by atoms with Crippen LogP contribution in [0, 0.1) is 0 Å². The van der Waals surface area contributed by atoms with Crippen LogP contribution in [-0.4, -0.2) is 35.4 Å². The lowest BCUT2D eigenvalue weighted by molar-refractivity contribution is 0.0929. The Labute approximate surface area is 102 Å². The van der Waals surface area contributed by atoms with Crippen LogP contribution in [0.4, 0.5) is 0 Å². The van der Waals surface area contributed by atoms with E-state index in [9.17, 15) is 4.79 Å². The summed E-state index contributed by atoms with van der Waals surface area (Å²) in [5, 5.41) is 10.1. The Morgan fingerprint density at radius 1 is 1.50 bits per heavy atom. The fourth-order valence-corrected chi connectivity index (χ4v) is 1.75. The van der Waals surface area contributed by atoms with Crippen molar-refractivity contribution in [3.8, 4) is 0 Å². The molecule has 0 aliphatic carbocycles. The highest BCUT2D eigenvalue weighted by Crippen LogP contribution is 2.16. The molecule has 2 rings (SSSR count). The summed E-state index contributed by atoms with van der Waals surface area (Å²) in [6, 6.07) is 1.41. The molecule has 2 heterocycles. The molecule has 1 saturated heterocycles. The Morgan fingerprint density at radius 2 is 2.31 bits per heavy atom. The van der Waals surface area contributed by atoms with Crippen LogP contribution >= 0.6 is 23.2 Å². The third-order valence-electron chi connectivity index (χ3n) is 2.23. The lowest BCUT2D eigenvalue weighted by Crippen LogP contribution is -2.35. The van der Waals surface area contributed by atoms with Gasteiger partial charge in [0.05, 0.1) is 18.2 Å². The zero-order chi connectivity index (χ0) is 11.5. The molecular weight excluding hydrogens is 253 g/mol. The quantitative estimate of drug-likeness (QED) is 0.872. The largest absolute Gasteiger partial charge is 0.379 e. The van der Waals surface area contributed by atoms with Gasteiger partial charge in [-0.2, -0.15) is 0 Å². The number of nitrogens with zero attached hydrogens (tertiary/aromatic N) is 2. The van der Waals surface area contributed by atoms with Gasteiger partial charge in [-0.1, -0.05) is 23.2 Å². The number of aromatic nitrogens is 2. The predicted molar refractivity (Wildman–Crippen MR) is 58.7 cm³/mol. The van der Waals surface area contributed by atoms with Gasteiger partial charge in [-0.05, 0) is 12.5 Å². The third-order valence-corrected chi connectivity index (χ3v) is 2.69. The number of hydrogen-bond donors (Lipinski definition) is 1. The van der Waals surface area contributed by atoms with Gasteiger partial charge in [0.15, 0.2) is 10.3 Å². The molecule has 1 fully saturated rings. The first-order valence-electron chi connectivity index (χ1n) is 4.74. The van der Waals surface area contributed by atoms with Crippen LogP contribution in [0.15, 0.2) is 6.07 Å². The van der Waals surface area contributed by atoms with Crippen LogP contribution < -0.4 is 5.32 Å². The summed E-state index contributed by atoms with van der Waals surface area (Å²) in [7, 11) is 0. The van der Waals surface area contributed by atoms with Crippen molar-refractivity contribution in [3.63, 3.8) is 0 Å². The molecule has 1 aliphatic heterocycles. The number of ether oxygens (including phenoxy) is 1. The molecule has 0 bridgehead atoms. The van der Waals surface area contributed by atoms with Gasteiger partial charge < -0.3 is 10.1 Å². The van der Waals surface area contributed by atoms with E-state index >= 15 is 0 Å². The average Bonchev–Trinajstić information content (AvgIpc) is 2.74. The van der Waals surface area contributed by atoms with Gasteiger partial charge in [-0.15, -0.1) is 10.2 Å². The molecular formula is C9H9Cl2N3O2. The molecule has 16 heavy (non-hydrogen) atoms. The van der Waals surface area contributed by atoms with E-state index in [-0.39, 0.29) is 27.8 Å². The summed E-state index contributed by atoms with van der Waals surface area (Å²) < 4.78 is 5.15. The number of amides is 1. The van der Waals surface area contributed by atoms with Gasteiger partial charge >= 0.3 is 0 Å². The highest BCUT2D eigenvalue weighted by molar-refractivity contribution is 6.34. The molecule has 1 N–H and O–H groups in total. The summed E-state index contributed by atoms with van der Waals surface area (Å²) in [5.74, 6) is -0.308. The highest BCUT2D eigenvalue weighted by atomic mass is 35.5. The van der Waals surface area contributed by atoms with Crippen molar-refractivity contribution in [2.45, 2.75) is 12.5 Å². The Hall–Kier alpha value is -0.910. The second-order valence-electron chi connectivity index (χ2n) is 3.41. The summed E-state index contributed by atoms with van der Waals surface area (Å²) in [6.45, 7) is 1.18. The fourth-order valence-electron chi connectivity index (χ4n) is 1.42. The van der Waals surface area contributed by atoms with E-state index in [0.29, 0.717) is 13.2 Å². The molecule has 1 atom stereocenters. The molecule has 0 radical (unpaired) electrons. The first kappa shape index (κ1) is 11.6. The number of nitrogens with one attached hydrogen (secondary N) is 1. The zero-order valence-corrected chi connectivity index (χ0v) is 9.75. The van der Waals surface area contributed by atoms with Crippen molar-refractivity contribution in [1.82, 2.24) is 15.5 Å². The Balaban J connectivity index is 2.10. The summed E-state index contributed by atoms with van der Waals surface area (Å²) in [5.41, 5.74) is 0.230. The second kappa shape index (κ2) is 4.95. The summed E-state index contributed by atoms with van der Waals surface area (Å²) in [6.07, 6.45) is 0.801. The minimum atomic E-state index is -0.308. The Bertz CT molecular complexity index is 408. The maximum atomic E-state index is 11.8. The van der Waals surface area contributed by atoms with Gasteiger partial charge in [-0.25, -0.2) is 0 Å². The van der Waals surface area contributed by atoms with Gasteiger partial charge in [0.25, 0.3) is 5.91 Å². The molecule has 1 aromatic rings. The molecule has 86 valence electrons. The van der Waals surface area contributed by atoms with E-state index in [0.717, 1.165) is 6.42 Å². The van der Waals surface area contributed by atoms with E-state index in [1.165, 1.54) is 6.07 Å². The fraction of sp³-hybridized carbons (Fsp3) is 0.444. The SMILES string of the molecule is O=C(NC1CCOC1)c1cc(Cl)nnc1Cl. The highest BCUT2D eigenvalue weighted by Gasteiger charge is 2.20. The monoisotopic (exact) mass is 261 g/mol. The zero-order valence-electron chi connectivity index (χ0n) is 8.24. The van der Waals surface area contributed by atoms with Crippen molar-refractivity contribution in [1.29, 1.82) is 0 Å². The first-order valence-corrected chi connectivity index (χ1v) is 5.50. The maximum Gasteiger partial charge on any atom is 0.254 e. The van der Waals surface area contributed by atoms with Crippen molar-refractivity contribution in [2.75, 3.05) is 13.2 Å². The minimum absolute atomic E-state index is 0.0236. The molecule has 1 aromatic heterocycles. The van der Waals surface area contributed by atoms with Crippen LogP contribution in [0.3, 0.4) is 0 Å². The normalized spacial score (nSPS) is 19.8. The van der Waals surface area contributed by atoms with E-state index in [2.05, 4.69) is 15.5 Å². The van der Waals surface area contributed by atoms with Crippen LogP contribution in [-0.2, 0) is 4.74 Å².